The third-order valence-electron chi connectivity index (χ3n) is 4.99. The zero-order valence-corrected chi connectivity index (χ0v) is 16.2. The van der Waals surface area contributed by atoms with E-state index in [9.17, 15) is 18.0 Å². The molecule has 0 saturated carbocycles. The molecule has 0 unspecified atom stereocenters. The molecule has 27 heavy (non-hydrogen) atoms. The van der Waals surface area contributed by atoms with Crippen molar-refractivity contribution in [2.45, 2.75) is 17.7 Å². The van der Waals surface area contributed by atoms with Crippen LogP contribution in [0.5, 0.6) is 0 Å². The summed E-state index contributed by atoms with van der Waals surface area (Å²) in [5, 5.41) is 3.19. The molecular weight excluding hydrogens is 368 g/mol. The third kappa shape index (κ3) is 4.85. The van der Waals surface area contributed by atoms with Crippen molar-refractivity contribution in [3.63, 3.8) is 0 Å². The van der Waals surface area contributed by atoms with E-state index < -0.39 is 10.0 Å². The molecule has 9 heteroatoms. The van der Waals surface area contributed by atoms with Crippen LogP contribution < -0.4 is 5.32 Å². The second-order valence-corrected chi connectivity index (χ2v) is 8.67. The van der Waals surface area contributed by atoms with Gasteiger partial charge >= 0.3 is 0 Å². The van der Waals surface area contributed by atoms with E-state index >= 15 is 0 Å². The fourth-order valence-corrected chi connectivity index (χ4v) is 4.81. The average Bonchev–Trinajstić information content (AvgIpc) is 2.73. The Morgan fingerprint density at radius 1 is 0.815 bits per heavy atom. The summed E-state index contributed by atoms with van der Waals surface area (Å²) in [4.78, 5) is 28.3. The molecule has 0 atom stereocenters. The minimum atomic E-state index is -3.52. The first-order chi connectivity index (χ1) is 13.0. The molecule has 0 bridgehead atoms. The van der Waals surface area contributed by atoms with Gasteiger partial charge in [0.1, 0.15) is 0 Å². The van der Waals surface area contributed by atoms with Gasteiger partial charge in [-0.2, -0.15) is 4.31 Å². The quantitative estimate of drug-likeness (QED) is 0.743. The molecule has 3 rings (SSSR count). The second-order valence-electron chi connectivity index (χ2n) is 6.73. The van der Waals surface area contributed by atoms with E-state index in [2.05, 4.69) is 5.32 Å². The summed E-state index contributed by atoms with van der Waals surface area (Å²) in [6.45, 7) is 4.20. The number of sulfonamides is 1. The Hall–Kier alpha value is -1.97. The molecule has 0 radical (unpaired) electrons. The van der Waals surface area contributed by atoms with Crippen molar-refractivity contribution in [2.75, 3.05) is 52.4 Å². The summed E-state index contributed by atoms with van der Waals surface area (Å²) in [6.07, 6.45) is 0.384. The number of carbonyl (C=O) groups excluding carboxylic acids is 2. The highest BCUT2D eigenvalue weighted by atomic mass is 32.2. The van der Waals surface area contributed by atoms with E-state index in [0.717, 1.165) is 13.1 Å². The molecule has 1 aromatic carbocycles. The van der Waals surface area contributed by atoms with Crippen LogP contribution >= 0.6 is 0 Å². The highest BCUT2D eigenvalue weighted by molar-refractivity contribution is 7.89. The van der Waals surface area contributed by atoms with Crippen LogP contribution in [0, 0.1) is 0 Å². The van der Waals surface area contributed by atoms with E-state index in [0.29, 0.717) is 26.2 Å². The Morgan fingerprint density at radius 2 is 1.33 bits per heavy atom. The van der Waals surface area contributed by atoms with Crippen LogP contribution in [0.4, 0.5) is 0 Å². The van der Waals surface area contributed by atoms with Crippen molar-refractivity contribution in [3.8, 4) is 0 Å². The summed E-state index contributed by atoms with van der Waals surface area (Å²) in [5.74, 6) is -0.0783. The lowest BCUT2D eigenvalue weighted by Crippen LogP contribution is -2.50. The SMILES string of the molecule is O=C(CCC(=O)N1CCN(S(=O)(=O)c2ccccc2)CC1)N1CCNCC1. The molecule has 2 aliphatic heterocycles. The van der Waals surface area contributed by atoms with Gasteiger partial charge in [0.25, 0.3) is 0 Å². The molecule has 2 saturated heterocycles. The first-order valence-corrected chi connectivity index (χ1v) is 10.7. The zero-order valence-electron chi connectivity index (χ0n) is 15.3. The molecule has 0 aliphatic carbocycles. The van der Waals surface area contributed by atoms with Crippen LogP contribution in [0.15, 0.2) is 35.2 Å². The van der Waals surface area contributed by atoms with Crippen LogP contribution in [-0.4, -0.2) is 86.7 Å². The van der Waals surface area contributed by atoms with Gasteiger partial charge < -0.3 is 15.1 Å². The number of hydrogen-bond acceptors (Lipinski definition) is 5. The Morgan fingerprint density at radius 3 is 1.89 bits per heavy atom. The smallest absolute Gasteiger partial charge is 0.243 e. The normalized spacial score (nSPS) is 19.1. The highest BCUT2D eigenvalue weighted by Gasteiger charge is 2.30. The van der Waals surface area contributed by atoms with Gasteiger partial charge in [-0.05, 0) is 12.1 Å². The summed E-state index contributed by atoms with van der Waals surface area (Å²) in [7, 11) is -3.52. The van der Waals surface area contributed by atoms with Crippen molar-refractivity contribution in [2.24, 2.45) is 0 Å². The van der Waals surface area contributed by atoms with Gasteiger partial charge in [0.05, 0.1) is 4.90 Å². The highest BCUT2D eigenvalue weighted by Crippen LogP contribution is 2.17. The molecule has 2 heterocycles. The van der Waals surface area contributed by atoms with E-state index in [1.54, 1.807) is 40.1 Å². The van der Waals surface area contributed by atoms with Gasteiger partial charge in [0.15, 0.2) is 0 Å². The van der Waals surface area contributed by atoms with Crippen LogP contribution in [-0.2, 0) is 19.6 Å². The molecule has 8 nitrogen and oxygen atoms in total. The second kappa shape index (κ2) is 8.81. The van der Waals surface area contributed by atoms with Gasteiger partial charge in [-0.1, -0.05) is 18.2 Å². The largest absolute Gasteiger partial charge is 0.340 e. The van der Waals surface area contributed by atoms with Crippen molar-refractivity contribution in [1.82, 2.24) is 19.4 Å². The standard InChI is InChI=1S/C18H26N4O4S/c23-17(20-10-8-19-9-11-20)6-7-18(24)21-12-14-22(15-13-21)27(25,26)16-4-2-1-3-5-16/h1-5,19H,6-15H2. The zero-order chi connectivity index (χ0) is 19.3. The monoisotopic (exact) mass is 394 g/mol. The maximum Gasteiger partial charge on any atom is 0.243 e. The van der Waals surface area contributed by atoms with Gasteiger partial charge in [0, 0.05) is 65.2 Å². The third-order valence-corrected chi connectivity index (χ3v) is 6.91. The number of piperazine rings is 2. The number of hydrogen-bond donors (Lipinski definition) is 1. The summed E-state index contributed by atoms with van der Waals surface area (Å²) >= 11 is 0. The molecule has 1 N–H and O–H groups in total. The van der Waals surface area contributed by atoms with E-state index in [1.165, 1.54) is 4.31 Å². The average molecular weight is 394 g/mol. The van der Waals surface area contributed by atoms with Gasteiger partial charge in [-0.25, -0.2) is 8.42 Å². The summed E-state index contributed by atoms with van der Waals surface area (Å²) in [6, 6.07) is 8.32. The predicted octanol–water partition coefficient (Wildman–Crippen LogP) is -0.268. The summed E-state index contributed by atoms with van der Waals surface area (Å²) in [5.41, 5.74) is 0. The van der Waals surface area contributed by atoms with Gasteiger partial charge in [-0.3, -0.25) is 9.59 Å². The first kappa shape index (κ1) is 19.8. The number of nitrogens with zero attached hydrogens (tertiary/aromatic N) is 3. The molecule has 2 amide bonds. The maximum absolute atomic E-state index is 12.6. The van der Waals surface area contributed by atoms with Crippen molar-refractivity contribution in [3.05, 3.63) is 30.3 Å². The molecule has 148 valence electrons. The fourth-order valence-electron chi connectivity index (χ4n) is 3.36. The fraction of sp³-hybridized carbons (Fsp3) is 0.556. The van der Waals surface area contributed by atoms with E-state index in [-0.39, 0.29) is 42.6 Å². The Bertz CT molecular complexity index is 755. The maximum atomic E-state index is 12.6. The number of benzene rings is 1. The predicted molar refractivity (Wildman–Crippen MR) is 100 cm³/mol. The van der Waals surface area contributed by atoms with Crippen LogP contribution in [0.2, 0.25) is 0 Å². The van der Waals surface area contributed by atoms with Crippen LogP contribution in [0.25, 0.3) is 0 Å². The number of rotatable bonds is 5. The number of nitrogens with one attached hydrogen (secondary N) is 1. The minimum absolute atomic E-state index is 0.00939. The molecule has 2 aliphatic rings. The number of carbonyl (C=O) groups is 2. The van der Waals surface area contributed by atoms with Crippen LogP contribution in [0.3, 0.4) is 0 Å². The first-order valence-electron chi connectivity index (χ1n) is 9.30. The molecule has 1 aromatic rings. The lowest BCUT2D eigenvalue weighted by atomic mass is 10.2. The molecule has 0 spiro atoms. The van der Waals surface area contributed by atoms with Crippen molar-refractivity contribution < 1.29 is 18.0 Å². The van der Waals surface area contributed by atoms with Crippen molar-refractivity contribution in [1.29, 1.82) is 0 Å². The van der Waals surface area contributed by atoms with E-state index in [4.69, 9.17) is 0 Å². The lowest BCUT2D eigenvalue weighted by molar-refractivity contribution is -0.138. The Labute approximate surface area is 160 Å². The minimum Gasteiger partial charge on any atom is -0.340 e. The Kier molecular flexibility index (Phi) is 6.46. The topological polar surface area (TPSA) is 90.0 Å². The lowest BCUT2D eigenvalue weighted by Gasteiger charge is -2.34. The number of amides is 2. The van der Waals surface area contributed by atoms with Gasteiger partial charge in [-0.15, -0.1) is 0 Å². The summed E-state index contributed by atoms with van der Waals surface area (Å²) < 4.78 is 26.7. The molecule has 2 fully saturated rings. The molecular formula is C18H26N4O4S. The van der Waals surface area contributed by atoms with Gasteiger partial charge in [0.2, 0.25) is 21.8 Å². The molecule has 0 aromatic heterocycles. The van der Waals surface area contributed by atoms with E-state index in [1.807, 2.05) is 0 Å². The van der Waals surface area contributed by atoms with Crippen molar-refractivity contribution >= 4 is 21.8 Å². The van der Waals surface area contributed by atoms with Crippen LogP contribution in [0.1, 0.15) is 12.8 Å². The Balaban J connectivity index is 1.47.